The number of pyridine rings is 1. The lowest BCUT2D eigenvalue weighted by molar-refractivity contribution is 0.120. The quantitative estimate of drug-likeness (QED) is 0.857. The van der Waals surface area contributed by atoms with E-state index in [4.69, 9.17) is 4.74 Å². The summed E-state index contributed by atoms with van der Waals surface area (Å²) in [6.45, 7) is 5.60. The second-order valence-electron chi connectivity index (χ2n) is 6.21. The minimum Gasteiger partial charge on any atom is -0.470 e. The summed E-state index contributed by atoms with van der Waals surface area (Å²) in [7, 11) is 0. The zero-order chi connectivity index (χ0) is 16.6. The molecule has 0 bridgehead atoms. The molecule has 4 heteroatoms. The molecule has 0 saturated carbocycles. The maximum absolute atomic E-state index is 13.1. The van der Waals surface area contributed by atoms with Crippen LogP contribution in [-0.2, 0) is 5.41 Å². The van der Waals surface area contributed by atoms with Crippen LogP contribution in [0.3, 0.4) is 0 Å². The maximum Gasteiger partial charge on any atom is 0.199 e. The van der Waals surface area contributed by atoms with Crippen LogP contribution in [0.25, 0.3) is 11.1 Å². The lowest BCUT2D eigenvalue weighted by Crippen LogP contribution is -2.42. The molecule has 1 aliphatic rings. The normalized spacial score (nSPS) is 23.5. The van der Waals surface area contributed by atoms with Gasteiger partial charge in [0.25, 0.3) is 0 Å². The van der Waals surface area contributed by atoms with Crippen LogP contribution >= 0.6 is 0 Å². The third-order valence-electron chi connectivity index (χ3n) is 4.71. The highest BCUT2D eigenvalue weighted by Crippen LogP contribution is 2.42. The molecule has 3 rings (SSSR count). The molecule has 0 spiro atoms. The molecule has 1 aliphatic heterocycles. The fourth-order valence-corrected chi connectivity index (χ4v) is 3.24. The molecule has 2 aromatic rings. The molecule has 1 aromatic carbocycles. The van der Waals surface area contributed by atoms with Crippen molar-refractivity contribution in [3.63, 3.8) is 0 Å². The second-order valence-corrected chi connectivity index (χ2v) is 6.21. The van der Waals surface area contributed by atoms with Crippen molar-refractivity contribution in [2.24, 2.45) is 0 Å². The Balaban J connectivity index is 2.21. The smallest absolute Gasteiger partial charge is 0.199 e. The minimum atomic E-state index is -0.760. The molecule has 0 amide bonds. The van der Waals surface area contributed by atoms with Gasteiger partial charge in [0.15, 0.2) is 11.3 Å². The van der Waals surface area contributed by atoms with E-state index in [1.807, 2.05) is 57.2 Å². The molecular formula is C19H21NO3. The number of hydrogen-bond donors (Lipinski definition) is 2. The molecule has 0 aliphatic carbocycles. The first-order valence-electron chi connectivity index (χ1n) is 7.75. The number of H-pyrrole nitrogens is 1. The zero-order valence-electron chi connectivity index (χ0n) is 13.6. The Morgan fingerprint density at radius 3 is 2.70 bits per heavy atom. The zero-order valence-corrected chi connectivity index (χ0v) is 13.6. The van der Waals surface area contributed by atoms with Crippen LogP contribution in [0.2, 0.25) is 0 Å². The number of fused-ring (bicyclic) bond motifs is 1. The summed E-state index contributed by atoms with van der Waals surface area (Å²) < 4.78 is 5.95. The average molecular weight is 311 g/mol. The van der Waals surface area contributed by atoms with E-state index in [9.17, 15) is 9.90 Å². The van der Waals surface area contributed by atoms with Crippen molar-refractivity contribution >= 4 is 0 Å². The third-order valence-corrected chi connectivity index (χ3v) is 4.71. The Kier molecular flexibility index (Phi) is 3.86. The van der Waals surface area contributed by atoms with E-state index in [2.05, 4.69) is 4.98 Å². The van der Waals surface area contributed by atoms with Gasteiger partial charge in [0.2, 0.25) is 0 Å². The molecule has 0 radical (unpaired) electrons. The van der Waals surface area contributed by atoms with Gasteiger partial charge in [0.1, 0.15) is 6.10 Å². The van der Waals surface area contributed by atoms with Gasteiger partial charge in [0, 0.05) is 11.8 Å². The summed E-state index contributed by atoms with van der Waals surface area (Å²) in [6.07, 6.45) is 3.29. The molecule has 2 unspecified atom stereocenters. The van der Waals surface area contributed by atoms with Gasteiger partial charge in [-0.1, -0.05) is 36.4 Å². The van der Waals surface area contributed by atoms with Gasteiger partial charge in [-0.3, -0.25) is 4.79 Å². The van der Waals surface area contributed by atoms with Gasteiger partial charge >= 0.3 is 0 Å². The number of nitrogens with one attached hydrogen (secondary N) is 1. The van der Waals surface area contributed by atoms with Gasteiger partial charge in [-0.25, -0.2) is 0 Å². The predicted molar refractivity (Wildman–Crippen MR) is 90.8 cm³/mol. The number of benzene rings is 1. The average Bonchev–Trinajstić information content (AvgIpc) is 2.89. The number of aromatic nitrogens is 1. The fourth-order valence-electron chi connectivity index (χ4n) is 3.24. The number of ether oxygens (including phenoxy) is 1. The highest BCUT2D eigenvalue weighted by molar-refractivity contribution is 5.65. The van der Waals surface area contributed by atoms with E-state index < -0.39 is 5.41 Å². The summed E-state index contributed by atoms with van der Waals surface area (Å²) in [5.41, 5.74) is 2.10. The van der Waals surface area contributed by atoms with E-state index in [1.165, 1.54) is 0 Å². The van der Waals surface area contributed by atoms with E-state index in [-0.39, 0.29) is 18.1 Å². The van der Waals surface area contributed by atoms with Gasteiger partial charge in [-0.15, -0.1) is 0 Å². The summed E-state index contributed by atoms with van der Waals surface area (Å²) >= 11 is 0. The van der Waals surface area contributed by atoms with Crippen LogP contribution in [0.15, 0.2) is 53.0 Å². The molecule has 2 atom stereocenters. The minimum absolute atomic E-state index is 0.0899. The van der Waals surface area contributed by atoms with E-state index >= 15 is 0 Å². The Morgan fingerprint density at radius 1 is 1.39 bits per heavy atom. The highest BCUT2D eigenvalue weighted by Gasteiger charge is 2.48. The first-order valence-corrected chi connectivity index (χ1v) is 7.75. The maximum atomic E-state index is 13.1. The molecule has 1 aromatic heterocycles. The van der Waals surface area contributed by atoms with Crippen molar-refractivity contribution in [3.05, 3.63) is 64.0 Å². The third kappa shape index (κ3) is 2.30. The lowest BCUT2D eigenvalue weighted by Gasteiger charge is -2.28. The van der Waals surface area contributed by atoms with Crippen molar-refractivity contribution in [2.45, 2.75) is 32.3 Å². The molecule has 0 saturated heterocycles. The number of aliphatic hydroxyl groups excluding tert-OH is 1. The van der Waals surface area contributed by atoms with Gasteiger partial charge in [-0.05, 0) is 31.9 Å². The second kappa shape index (κ2) is 5.70. The molecule has 120 valence electrons. The molecule has 23 heavy (non-hydrogen) atoms. The Bertz CT molecular complexity index is 807. The number of allylic oxidation sites excluding steroid dienone is 1. The largest absolute Gasteiger partial charge is 0.470 e. The first-order chi connectivity index (χ1) is 11.0. The van der Waals surface area contributed by atoms with Crippen LogP contribution in [0.1, 0.15) is 26.3 Å². The summed E-state index contributed by atoms with van der Waals surface area (Å²) in [6, 6.07) is 9.51. The molecule has 2 heterocycles. The van der Waals surface area contributed by atoms with E-state index in [1.54, 1.807) is 6.20 Å². The van der Waals surface area contributed by atoms with E-state index in [0.29, 0.717) is 17.0 Å². The molecule has 2 N–H and O–H groups in total. The SMILES string of the molecule is C/C=C(\C)C1Oc2[nH]cc(-c3ccccc3)c(=O)c2C1(C)CO. The number of aliphatic hydroxyl groups is 1. The number of rotatable bonds is 3. The number of aromatic amines is 1. The van der Waals surface area contributed by atoms with Gasteiger partial charge < -0.3 is 14.8 Å². The first kappa shape index (κ1) is 15.6. The van der Waals surface area contributed by atoms with Crippen molar-refractivity contribution < 1.29 is 9.84 Å². The fraction of sp³-hybridized carbons (Fsp3) is 0.316. The van der Waals surface area contributed by atoms with Crippen molar-refractivity contribution in [1.82, 2.24) is 4.98 Å². The van der Waals surface area contributed by atoms with Crippen LogP contribution in [0, 0.1) is 0 Å². The van der Waals surface area contributed by atoms with Crippen molar-refractivity contribution in [3.8, 4) is 17.0 Å². The molecule has 0 fully saturated rings. The van der Waals surface area contributed by atoms with E-state index in [0.717, 1.165) is 11.1 Å². The Hall–Kier alpha value is -2.33. The lowest BCUT2D eigenvalue weighted by atomic mass is 9.77. The summed E-state index contributed by atoms with van der Waals surface area (Å²) in [4.78, 5) is 16.2. The van der Waals surface area contributed by atoms with Crippen LogP contribution in [0.4, 0.5) is 0 Å². The summed E-state index contributed by atoms with van der Waals surface area (Å²) in [5, 5.41) is 10.0. The van der Waals surface area contributed by atoms with Crippen LogP contribution in [-0.4, -0.2) is 22.8 Å². The Morgan fingerprint density at radius 2 is 2.09 bits per heavy atom. The predicted octanol–water partition coefficient (Wildman–Crippen LogP) is 3.02. The highest BCUT2D eigenvalue weighted by atomic mass is 16.5. The van der Waals surface area contributed by atoms with Gasteiger partial charge in [0.05, 0.1) is 17.6 Å². The van der Waals surface area contributed by atoms with Crippen LogP contribution < -0.4 is 10.2 Å². The van der Waals surface area contributed by atoms with Crippen LogP contribution in [0.5, 0.6) is 5.88 Å². The molecular weight excluding hydrogens is 290 g/mol. The standard InChI is InChI=1S/C19H21NO3/c1-4-12(2)17-19(3,11-21)15-16(22)14(10-20-18(15)23-17)13-8-6-5-7-9-13/h4-10,17,21H,11H2,1-3H3,(H,20,22)/b12-4+. The van der Waals surface area contributed by atoms with Gasteiger partial charge in [-0.2, -0.15) is 0 Å². The monoisotopic (exact) mass is 311 g/mol. The topological polar surface area (TPSA) is 62.3 Å². The summed E-state index contributed by atoms with van der Waals surface area (Å²) in [5.74, 6) is 0.456. The Labute approximate surface area is 135 Å². The van der Waals surface area contributed by atoms with Crippen molar-refractivity contribution in [1.29, 1.82) is 0 Å². The number of hydrogen-bond acceptors (Lipinski definition) is 3. The molecule has 4 nitrogen and oxygen atoms in total. The van der Waals surface area contributed by atoms with Crippen molar-refractivity contribution in [2.75, 3.05) is 6.61 Å².